The fourth-order valence-corrected chi connectivity index (χ4v) is 3.74. The number of rotatable bonds is 8. The van der Waals surface area contributed by atoms with Crippen LogP contribution < -0.4 is 10.1 Å². The molecular weight excluding hydrogens is 433 g/mol. The number of thioether (sulfide) groups is 1. The van der Waals surface area contributed by atoms with E-state index in [0.29, 0.717) is 34.0 Å². The molecule has 0 aliphatic heterocycles. The van der Waals surface area contributed by atoms with Crippen LogP contribution in [0.15, 0.2) is 47.8 Å². The van der Waals surface area contributed by atoms with Crippen molar-refractivity contribution in [2.24, 2.45) is 0 Å². The number of aromatic nitrogens is 4. The van der Waals surface area contributed by atoms with Crippen LogP contribution in [0.4, 0.5) is 5.69 Å². The van der Waals surface area contributed by atoms with Gasteiger partial charge in [0.15, 0.2) is 22.2 Å². The minimum atomic E-state index is -0.361. The number of ether oxygens (including phenoxy) is 1. The first kappa shape index (κ1) is 21.4. The Morgan fingerprint density at radius 1 is 1.24 bits per heavy atom. The van der Waals surface area contributed by atoms with E-state index in [1.54, 1.807) is 30.5 Å². The van der Waals surface area contributed by atoms with Gasteiger partial charge in [-0.25, -0.2) is 4.98 Å². The van der Waals surface area contributed by atoms with E-state index in [1.165, 1.54) is 11.8 Å². The van der Waals surface area contributed by atoms with E-state index in [0.717, 1.165) is 0 Å². The summed E-state index contributed by atoms with van der Waals surface area (Å²) >= 11 is 13.4. The number of anilines is 1. The third kappa shape index (κ3) is 5.41. The van der Waals surface area contributed by atoms with E-state index in [9.17, 15) is 4.79 Å². The number of carbonyl (C=O) groups excluding carboxylic acids is 1. The van der Waals surface area contributed by atoms with Gasteiger partial charge in [0.25, 0.3) is 0 Å². The van der Waals surface area contributed by atoms with Gasteiger partial charge in [-0.2, -0.15) is 0 Å². The molecule has 0 aliphatic carbocycles. The summed E-state index contributed by atoms with van der Waals surface area (Å²) in [7, 11) is 0. The average molecular weight is 452 g/mol. The quantitative estimate of drug-likeness (QED) is 0.388. The number of carbonyl (C=O) groups is 1. The van der Waals surface area contributed by atoms with Crippen molar-refractivity contribution in [2.45, 2.75) is 31.7 Å². The van der Waals surface area contributed by atoms with Crippen LogP contribution in [0, 0.1) is 0 Å². The summed E-state index contributed by atoms with van der Waals surface area (Å²) in [4.78, 5) is 16.2. The molecule has 1 amide bonds. The third-order valence-electron chi connectivity index (χ3n) is 3.93. The van der Waals surface area contributed by atoms with Crippen LogP contribution in [-0.2, 0) is 11.3 Å². The Kier molecular flexibility index (Phi) is 7.35. The van der Waals surface area contributed by atoms with Gasteiger partial charge in [0.1, 0.15) is 5.75 Å². The fraction of sp³-hybridized carbons (Fsp3) is 0.263. The number of hydrogen-bond acceptors (Lipinski definition) is 6. The highest BCUT2D eigenvalue weighted by atomic mass is 35.5. The molecule has 0 spiro atoms. The lowest BCUT2D eigenvalue weighted by molar-refractivity contribution is -0.113. The summed E-state index contributed by atoms with van der Waals surface area (Å²) in [6.07, 6.45) is 1.20. The second kappa shape index (κ2) is 9.96. The van der Waals surface area contributed by atoms with E-state index < -0.39 is 0 Å². The van der Waals surface area contributed by atoms with Crippen molar-refractivity contribution in [3.8, 4) is 5.75 Å². The zero-order chi connectivity index (χ0) is 20.8. The molecule has 1 unspecified atom stereocenters. The van der Waals surface area contributed by atoms with Gasteiger partial charge < -0.3 is 14.6 Å². The van der Waals surface area contributed by atoms with Crippen LogP contribution in [0.3, 0.4) is 0 Å². The predicted octanol–water partition coefficient (Wildman–Crippen LogP) is 4.87. The molecule has 3 rings (SSSR count). The molecule has 1 N–H and O–H groups in total. The number of hydrogen-bond donors (Lipinski definition) is 1. The van der Waals surface area contributed by atoms with Crippen LogP contribution in [0.2, 0.25) is 10.2 Å². The molecule has 0 fully saturated rings. The Morgan fingerprint density at radius 2 is 2.03 bits per heavy atom. The normalized spacial score (nSPS) is 11.9. The number of benzene rings is 1. The molecular formula is C19H19Cl2N5O2S. The Morgan fingerprint density at radius 3 is 2.76 bits per heavy atom. The molecule has 152 valence electrons. The molecule has 0 saturated carbocycles. The molecule has 2 aromatic heterocycles. The standard InChI is InChI=1S/C19H19Cl2N5O2S/c1-3-26-18(12(2)28-15-9-5-4-7-13(15)20)24-25-19(26)29-11-16(27)23-14-8-6-10-22-17(14)21/h4-10,12H,3,11H2,1-2H3,(H,23,27). The maximum absolute atomic E-state index is 12.2. The number of nitrogens with zero attached hydrogens (tertiary/aromatic N) is 4. The smallest absolute Gasteiger partial charge is 0.234 e. The number of halogens is 2. The summed E-state index contributed by atoms with van der Waals surface area (Å²) in [5, 5.41) is 12.6. The average Bonchev–Trinajstić information content (AvgIpc) is 3.13. The van der Waals surface area contributed by atoms with E-state index in [2.05, 4.69) is 20.5 Å². The molecule has 0 bridgehead atoms. The van der Waals surface area contributed by atoms with Crippen molar-refractivity contribution in [1.82, 2.24) is 19.7 Å². The molecule has 29 heavy (non-hydrogen) atoms. The van der Waals surface area contributed by atoms with Crippen molar-refractivity contribution < 1.29 is 9.53 Å². The van der Waals surface area contributed by atoms with Crippen LogP contribution in [0.25, 0.3) is 0 Å². The molecule has 7 nitrogen and oxygen atoms in total. The molecule has 0 radical (unpaired) electrons. The summed E-state index contributed by atoms with van der Waals surface area (Å²) in [6.45, 7) is 4.50. The molecule has 1 atom stereocenters. The number of amides is 1. The maximum atomic E-state index is 12.2. The van der Waals surface area contributed by atoms with Crippen LogP contribution in [0.1, 0.15) is 25.8 Å². The first-order valence-corrected chi connectivity index (χ1v) is 10.6. The van der Waals surface area contributed by atoms with E-state index in [4.69, 9.17) is 27.9 Å². The Labute approximate surface area is 182 Å². The monoisotopic (exact) mass is 451 g/mol. The highest BCUT2D eigenvalue weighted by molar-refractivity contribution is 7.99. The minimum absolute atomic E-state index is 0.156. The van der Waals surface area contributed by atoms with Crippen LogP contribution >= 0.6 is 35.0 Å². The summed E-state index contributed by atoms with van der Waals surface area (Å²) in [6, 6.07) is 10.7. The highest BCUT2D eigenvalue weighted by Crippen LogP contribution is 2.29. The second-order valence-corrected chi connectivity index (χ2v) is 7.66. The predicted molar refractivity (Wildman–Crippen MR) is 115 cm³/mol. The summed E-state index contributed by atoms with van der Waals surface area (Å²) < 4.78 is 7.85. The van der Waals surface area contributed by atoms with Crippen LogP contribution in [0.5, 0.6) is 5.75 Å². The number of para-hydroxylation sites is 1. The second-order valence-electron chi connectivity index (χ2n) is 5.95. The van der Waals surface area contributed by atoms with Gasteiger partial charge in [-0.05, 0) is 38.1 Å². The van der Waals surface area contributed by atoms with Crippen molar-refractivity contribution in [2.75, 3.05) is 11.1 Å². The summed E-state index contributed by atoms with van der Waals surface area (Å²) in [5.74, 6) is 1.18. The van der Waals surface area contributed by atoms with Gasteiger partial charge in [-0.1, -0.05) is 47.1 Å². The molecule has 0 saturated heterocycles. The van der Waals surface area contributed by atoms with E-state index in [1.807, 2.05) is 30.5 Å². The first-order chi connectivity index (χ1) is 14.0. The Bertz CT molecular complexity index is 998. The van der Waals surface area contributed by atoms with Gasteiger partial charge in [0, 0.05) is 12.7 Å². The first-order valence-electron chi connectivity index (χ1n) is 8.87. The lowest BCUT2D eigenvalue weighted by Gasteiger charge is -2.16. The van der Waals surface area contributed by atoms with Crippen LogP contribution in [-0.4, -0.2) is 31.4 Å². The van der Waals surface area contributed by atoms with Gasteiger partial charge >= 0.3 is 0 Å². The lowest BCUT2D eigenvalue weighted by Crippen LogP contribution is -2.16. The fourth-order valence-electron chi connectivity index (χ4n) is 2.58. The molecule has 1 aromatic carbocycles. The lowest BCUT2D eigenvalue weighted by atomic mass is 10.3. The van der Waals surface area contributed by atoms with Gasteiger partial charge in [-0.15, -0.1) is 10.2 Å². The topological polar surface area (TPSA) is 81.9 Å². The van der Waals surface area contributed by atoms with Gasteiger partial charge in [-0.3, -0.25) is 4.79 Å². The third-order valence-corrected chi connectivity index (χ3v) is 5.51. The van der Waals surface area contributed by atoms with Gasteiger partial charge in [0.05, 0.1) is 16.5 Å². The minimum Gasteiger partial charge on any atom is -0.481 e. The highest BCUT2D eigenvalue weighted by Gasteiger charge is 2.20. The Balaban J connectivity index is 1.65. The molecule has 2 heterocycles. The largest absolute Gasteiger partial charge is 0.481 e. The number of pyridine rings is 1. The zero-order valence-electron chi connectivity index (χ0n) is 15.8. The van der Waals surface area contributed by atoms with Gasteiger partial charge in [0.2, 0.25) is 5.91 Å². The Hall–Kier alpha value is -2.29. The zero-order valence-corrected chi connectivity index (χ0v) is 18.1. The number of nitrogens with one attached hydrogen (secondary N) is 1. The van der Waals surface area contributed by atoms with E-state index in [-0.39, 0.29) is 22.9 Å². The maximum Gasteiger partial charge on any atom is 0.234 e. The SMILES string of the molecule is CCn1c(SCC(=O)Nc2cccnc2Cl)nnc1C(C)Oc1ccccc1Cl. The molecule has 10 heteroatoms. The summed E-state index contributed by atoms with van der Waals surface area (Å²) in [5.41, 5.74) is 0.471. The van der Waals surface area contributed by atoms with Crippen molar-refractivity contribution in [3.05, 3.63) is 58.6 Å². The molecule has 0 aliphatic rings. The van der Waals surface area contributed by atoms with Crippen molar-refractivity contribution >= 4 is 46.6 Å². The molecule has 3 aromatic rings. The van der Waals surface area contributed by atoms with Crippen molar-refractivity contribution in [1.29, 1.82) is 0 Å². The van der Waals surface area contributed by atoms with Crippen molar-refractivity contribution in [3.63, 3.8) is 0 Å². The van der Waals surface area contributed by atoms with E-state index >= 15 is 0 Å².